The molecule has 0 atom stereocenters. The maximum atomic E-state index is 4.11. The van der Waals surface area contributed by atoms with Gasteiger partial charge in [0, 0.05) is 5.57 Å². The molecule has 0 saturated carbocycles. The van der Waals surface area contributed by atoms with Gasteiger partial charge in [0.1, 0.15) is 0 Å². The first-order valence-corrected chi connectivity index (χ1v) is 4.50. The van der Waals surface area contributed by atoms with Crippen molar-refractivity contribution in [1.82, 2.24) is 5.43 Å². The average Bonchev–Trinajstić information content (AvgIpc) is 2.65. The first-order valence-electron chi connectivity index (χ1n) is 4.50. The Hall–Kier alpha value is -1.57. The molecule has 0 aromatic heterocycles. The Kier molecular flexibility index (Phi) is 1.30. The fourth-order valence-electron chi connectivity index (χ4n) is 1.95. The Balaban J connectivity index is 2.23. The van der Waals surface area contributed by atoms with Crippen molar-refractivity contribution in [1.29, 1.82) is 0 Å². The maximum absolute atomic E-state index is 4.11. The highest BCUT2D eigenvalue weighted by Gasteiger charge is 2.20. The molecule has 0 bridgehead atoms. The van der Waals surface area contributed by atoms with Crippen LogP contribution in [0.1, 0.15) is 17.5 Å². The topological polar surface area (TPSA) is 26.5 Å². The summed E-state index contributed by atoms with van der Waals surface area (Å²) in [5.74, 6) is 0. The van der Waals surface area contributed by atoms with Gasteiger partial charge in [-0.2, -0.15) is 10.5 Å². The lowest BCUT2D eigenvalue weighted by Crippen LogP contribution is -2.05. The van der Waals surface area contributed by atoms with Crippen LogP contribution in [0.5, 0.6) is 0 Å². The quantitative estimate of drug-likeness (QED) is 0.567. The van der Waals surface area contributed by atoms with E-state index in [1.165, 1.54) is 16.7 Å². The highest BCUT2D eigenvalue weighted by Crippen LogP contribution is 2.31. The number of fused-ring (bicyclic) bond motifs is 2. The van der Waals surface area contributed by atoms with Crippen LogP contribution < -0.4 is 5.43 Å². The third kappa shape index (κ3) is 0.917. The standard InChI is InChI=1S/C11H9N2/c1-2-4-9-8(3-1)5-6-11-10(9)7-12-13-11/h1-4,7H,5-6H2. The van der Waals surface area contributed by atoms with Crippen molar-refractivity contribution in [2.24, 2.45) is 5.10 Å². The van der Waals surface area contributed by atoms with E-state index in [0.29, 0.717) is 0 Å². The zero-order valence-corrected chi connectivity index (χ0v) is 7.20. The Labute approximate surface area is 77.0 Å². The lowest BCUT2D eigenvalue weighted by atomic mass is 9.90. The summed E-state index contributed by atoms with van der Waals surface area (Å²) in [6.07, 6.45) is 4.00. The molecule has 0 spiro atoms. The number of hydrogen-bond acceptors (Lipinski definition) is 1. The zero-order chi connectivity index (χ0) is 8.67. The Morgan fingerprint density at radius 2 is 2.00 bits per heavy atom. The predicted octanol–water partition coefficient (Wildman–Crippen LogP) is 1.95. The molecule has 2 aliphatic rings. The van der Waals surface area contributed by atoms with E-state index >= 15 is 0 Å². The third-order valence-electron chi connectivity index (χ3n) is 2.61. The van der Waals surface area contributed by atoms with Crippen molar-refractivity contribution >= 4 is 11.8 Å². The molecule has 3 rings (SSSR count). The van der Waals surface area contributed by atoms with Crippen molar-refractivity contribution in [3.8, 4) is 0 Å². The second-order valence-corrected chi connectivity index (χ2v) is 3.36. The Bertz CT molecular complexity index is 416. The van der Waals surface area contributed by atoms with E-state index in [1.807, 2.05) is 6.21 Å². The van der Waals surface area contributed by atoms with E-state index in [-0.39, 0.29) is 0 Å². The molecule has 1 aliphatic heterocycles. The molecule has 1 heterocycles. The molecule has 1 radical (unpaired) electrons. The van der Waals surface area contributed by atoms with E-state index in [0.717, 1.165) is 18.5 Å². The first-order chi connectivity index (χ1) is 6.45. The molecular weight excluding hydrogens is 160 g/mol. The minimum Gasteiger partial charge on any atom is -0.158 e. The molecule has 63 valence electrons. The molecule has 0 N–H and O–H groups in total. The summed E-state index contributed by atoms with van der Waals surface area (Å²) in [5, 5.41) is 3.95. The van der Waals surface area contributed by atoms with E-state index in [2.05, 4.69) is 34.8 Å². The normalized spacial score (nSPS) is 18.2. The van der Waals surface area contributed by atoms with E-state index in [9.17, 15) is 0 Å². The number of rotatable bonds is 0. The smallest absolute Gasteiger partial charge is 0.0728 e. The molecule has 1 aromatic rings. The van der Waals surface area contributed by atoms with Crippen LogP contribution in [0.2, 0.25) is 0 Å². The SMILES string of the molecule is C1=N[N]C2=C1c1ccccc1CC2. The number of nitrogens with zero attached hydrogens (tertiary/aromatic N) is 2. The molecule has 2 nitrogen and oxygen atoms in total. The first kappa shape index (κ1) is 6.89. The minimum atomic E-state index is 1.03. The van der Waals surface area contributed by atoms with Crippen LogP contribution in [0.25, 0.3) is 5.57 Å². The van der Waals surface area contributed by atoms with E-state index in [1.54, 1.807) is 0 Å². The summed E-state index contributed by atoms with van der Waals surface area (Å²) in [7, 11) is 0. The predicted molar refractivity (Wildman–Crippen MR) is 52.3 cm³/mol. The van der Waals surface area contributed by atoms with Crippen molar-refractivity contribution in [2.45, 2.75) is 12.8 Å². The van der Waals surface area contributed by atoms with Gasteiger partial charge in [-0.05, 0) is 24.0 Å². The molecule has 0 saturated heterocycles. The molecule has 1 aromatic carbocycles. The van der Waals surface area contributed by atoms with Crippen LogP contribution in [0.4, 0.5) is 0 Å². The number of aryl methyl sites for hydroxylation is 1. The van der Waals surface area contributed by atoms with Crippen LogP contribution in [-0.2, 0) is 6.42 Å². The van der Waals surface area contributed by atoms with Crippen LogP contribution in [0.15, 0.2) is 35.1 Å². The second-order valence-electron chi connectivity index (χ2n) is 3.36. The van der Waals surface area contributed by atoms with Crippen molar-refractivity contribution in [3.05, 3.63) is 41.1 Å². The summed E-state index contributed by atoms with van der Waals surface area (Å²) in [6.45, 7) is 0. The lowest BCUT2D eigenvalue weighted by Gasteiger charge is -2.15. The molecule has 2 heteroatoms. The van der Waals surface area contributed by atoms with Crippen LogP contribution in [-0.4, -0.2) is 6.21 Å². The molecule has 0 amide bonds. The number of benzene rings is 1. The summed E-state index contributed by atoms with van der Waals surface area (Å²) in [6, 6.07) is 8.50. The molecule has 1 aliphatic carbocycles. The van der Waals surface area contributed by atoms with Gasteiger partial charge in [-0.1, -0.05) is 24.3 Å². The highest BCUT2D eigenvalue weighted by molar-refractivity contribution is 6.13. The summed E-state index contributed by atoms with van der Waals surface area (Å²) < 4.78 is 0. The van der Waals surface area contributed by atoms with Gasteiger partial charge in [-0.25, -0.2) is 0 Å². The van der Waals surface area contributed by atoms with Gasteiger partial charge in [-0.15, -0.1) is 0 Å². The molecular formula is C11H9N2. The van der Waals surface area contributed by atoms with E-state index < -0.39 is 0 Å². The van der Waals surface area contributed by atoms with Crippen molar-refractivity contribution in [2.75, 3.05) is 0 Å². The average molecular weight is 169 g/mol. The van der Waals surface area contributed by atoms with Gasteiger partial charge in [-0.3, -0.25) is 0 Å². The van der Waals surface area contributed by atoms with Crippen LogP contribution in [0.3, 0.4) is 0 Å². The van der Waals surface area contributed by atoms with Gasteiger partial charge in [0.15, 0.2) is 0 Å². The third-order valence-corrected chi connectivity index (χ3v) is 2.61. The minimum absolute atomic E-state index is 1.03. The highest BCUT2D eigenvalue weighted by atomic mass is 15.3. The number of hydrogen-bond donors (Lipinski definition) is 0. The summed E-state index contributed by atoms with van der Waals surface area (Å²) in [4.78, 5) is 0. The van der Waals surface area contributed by atoms with E-state index in [4.69, 9.17) is 0 Å². The largest absolute Gasteiger partial charge is 0.158 e. The fraction of sp³-hybridized carbons (Fsp3) is 0.182. The van der Waals surface area contributed by atoms with Crippen LogP contribution in [0, 0.1) is 0 Å². The van der Waals surface area contributed by atoms with Gasteiger partial charge >= 0.3 is 0 Å². The molecule has 0 fully saturated rings. The van der Waals surface area contributed by atoms with Gasteiger partial charge in [0.05, 0.1) is 11.9 Å². The lowest BCUT2D eigenvalue weighted by molar-refractivity contribution is 0.788. The van der Waals surface area contributed by atoms with Crippen molar-refractivity contribution < 1.29 is 0 Å². The zero-order valence-electron chi connectivity index (χ0n) is 7.20. The fourth-order valence-corrected chi connectivity index (χ4v) is 1.95. The molecule has 13 heavy (non-hydrogen) atoms. The maximum Gasteiger partial charge on any atom is 0.0728 e. The van der Waals surface area contributed by atoms with Crippen LogP contribution >= 0.6 is 0 Å². The second kappa shape index (κ2) is 2.46. The van der Waals surface area contributed by atoms with Gasteiger partial charge in [0.25, 0.3) is 0 Å². The Morgan fingerprint density at radius 3 is 3.00 bits per heavy atom. The Morgan fingerprint density at radius 1 is 1.08 bits per heavy atom. The summed E-state index contributed by atoms with van der Waals surface area (Å²) >= 11 is 0. The number of allylic oxidation sites excluding steroid dienone is 2. The summed E-state index contributed by atoms with van der Waals surface area (Å²) in [5.41, 5.74) is 9.22. The molecule has 0 unspecified atom stereocenters. The van der Waals surface area contributed by atoms with Crippen molar-refractivity contribution in [3.63, 3.8) is 0 Å². The van der Waals surface area contributed by atoms with Gasteiger partial charge in [0.2, 0.25) is 0 Å². The van der Waals surface area contributed by atoms with Gasteiger partial charge < -0.3 is 0 Å². The monoisotopic (exact) mass is 169 g/mol.